The SMILES string of the molecule is CCC(CC)N(CCO)Cc1cccc(/C(N)=N/O)c1F. The maximum Gasteiger partial charge on any atom is 0.173 e. The summed E-state index contributed by atoms with van der Waals surface area (Å²) in [5.41, 5.74) is 6.03. The van der Waals surface area contributed by atoms with Gasteiger partial charge in [0.15, 0.2) is 5.84 Å². The molecule has 0 heterocycles. The average molecular weight is 297 g/mol. The van der Waals surface area contributed by atoms with Crippen LogP contribution < -0.4 is 5.73 Å². The molecule has 0 aromatic heterocycles. The van der Waals surface area contributed by atoms with Crippen molar-refractivity contribution in [1.29, 1.82) is 0 Å². The van der Waals surface area contributed by atoms with Gasteiger partial charge in [-0.05, 0) is 18.9 Å². The van der Waals surface area contributed by atoms with E-state index in [4.69, 9.17) is 10.9 Å². The molecule has 0 radical (unpaired) electrons. The van der Waals surface area contributed by atoms with E-state index in [0.29, 0.717) is 18.7 Å². The molecule has 0 aliphatic rings. The molecule has 0 saturated carbocycles. The van der Waals surface area contributed by atoms with Gasteiger partial charge >= 0.3 is 0 Å². The van der Waals surface area contributed by atoms with Gasteiger partial charge in [-0.15, -0.1) is 0 Å². The Hall–Kier alpha value is -1.66. The molecule has 0 aliphatic heterocycles. The van der Waals surface area contributed by atoms with Crippen molar-refractivity contribution in [2.24, 2.45) is 10.9 Å². The molecule has 118 valence electrons. The number of amidine groups is 1. The highest BCUT2D eigenvalue weighted by Crippen LogP contribution is 2.18. The molecule has 4 N–H and O–H groups in total. The van der Waals surface area contributed by atoms with E-state index in [1.807, 2.05) is 0 Å². The van der Waals surface area contributed by atoms with Crippen LogP contribution in [0.2, 0.25) is 0 Å². The molecule has 6 heteroatoms. The molecule has 0 atom stereocenters. The van der Waals surface area contributed by atoms with Crippen molar-refractivity contribution >= 4 is 5.84 Å². The molecule has 1 aromatic carbocycles. The minimum Gasteiger partial charge on any atom is -0.409 e. The third-order valence-corrected chi connectivity index (χ3v) is 3.68. The van der Waals surface area contributed by atoms with Gasteiger partial charge in [0.05, 0.1) is 12.2 Å². The Balaban J connectivity index is 3.04. The normalized spacial score (nSPS) is 12.4. The van der Waals surface area contributed by atoms with Gasteiger partial charge in [0.1, 0.15) is 5.82 Å². The van der Waals surface area contributed by atoms with Crippen LogP contribution >= 0.6 is 0 Å². The summed E-state index contributed by atoms with van der Waals surface area (Å²) in [6.07, 6.45) is 1.86. The van der Waals surface area contributed by atoms with Gasteiger partial charge in [-0.1, -0.05) is 31.1 Å². The van der Waals surface area contributed by atoms with E-state index in [2.05, 4.69) is 23.9 Å². The summed E-state index contributed by atoms with van der Waals surface area (Å²) >= 11 is 0. The highest BCUT2D eigenvalue weighted by molar-refractivity contribution is 5.97. The lowest BCUT2D eigenvalue weighted by molar-refractivity contribution is 0.135. The number of halogens is 1. The molecule has 5 nitrogen and oxygen atoms in total. The summed E-state index contributed by atoms with van der Waals surface area (Å²) in [7, 11) is 0. The van der Waals surface area contributed by atoms with E-state index in [1.165, 1.54) is 6.07 Å². The van der Waals surface area contributed by atoms with Crippen LogP contribution in [-0.4, -0.2) is 40.2 Å². The number of nitrogens with zero attached hydrogens (tertiary/aromatic N) is 2. The molecule has 0 spiro atoms. The van der Waals surface area contributed by atoms with Gasteiger partial charge in [0, 0.05) is 24.7 Å². The van der Waals surface area contributed by atoms with E-state index in [0.717, 1.165) is 12.8 Å². The molecule has 0 aliphatic carbocycles. The molecule has 0 unspecified atom stereocenters. The lowest BCUT2D eigenvalue weighted by atomic mass is 10.1. The quantitative estimate of drug-likeness (QED) is 0.296. The molecule has 0 fully saturated rings. The van der Waals surface area contributed by atoms with Gasteiger partial charge < -0.3 is 16.0 Å². The zero-order valence-electron chi connectivity index (χ0n) is 12.6. The first-order valence-electron chi connectivity index (χ1n) is 7.19. The fraction of sp³-hybridized carbons (Fsp3) is 0.533. The lowest BCUT2D eigenvalue weighted by Gasteiger charge is -2.30. The third kappa shape index (κ3) is 4.41. The fourth-order valence-corrected chi connectivity index (χ4v) is 2.50. The second kappa shape index (κ2) is 8.59. The molecule has 1 rings (SSSR count). The summed E-state index contributed by atoms with van der Waals surface area (Å²) in [4.78, 5) is 2.05. The van der Waals surface area contributed by atoms with Crippen LogP contribution in [0.15, 0.2) is 23.4 Å². The first-order valence-corrected chi connectivity index (χ1v) is 7.19. The van der Waals surface area contributed by atoms with Crippen molar-refractivity contribution in [3.63, 3.8) is 0 Å². The molecular weight excluding hydrogens is 273 g/mol. The maximum absolute atomic E-state index is 14.4. The lowest BCUT2D eigenvalue weighted by Crippen LogP contribution is -2.36. The number of aliphatic hydroxyl groups is 1. The smallest absolute Gasteiger partial charge is 0.173 e. The number of hydrogen-bond donors (Lipinski definition) is 3. The van der Waals surface area contributed by atoms with E-state index < -0.39 is 5.82 Å². The second-order valence-corrected chi connectivity index (χ2v) is 4.93. The standard InChI is InChI=1S/C15H24FN3O2/c1-3-12(4-2)19(8-9-20)10-11-6-5-7-13(14(11)16)15(17)18-21/h5-7,12,20-21H,3-4,8-10H2,1-2H3,(H2,17,18). The summed E-state index contributed by atoms with van der Waals surface area (Å²) in [5.74, 6) is -0.729. The molecule has 0 bridgehead atoms. The minimum absolute atomic E-state index is 0.0258. The number of benzene rings is 1. The second-order valence-electron chi connectivity index (χ2n) is 4.93. The minimum atomic E-state index is -0.485. The Morgan fingerprint density at radius 3 is 2.57 bits per heavy atom. The van der Waals surface area contributed by atoms with Crippen LogP contribution in [0.3, 0.4) is 0 Å². The fourth-order valence-electron chi connectivity index (χ4n) is 2.50. The number of hydrogen-bond acceptors (Lipinski definition) is 4. The van der Waals surface area contributed by atoms with Crippen LogP contribution in [0, 0.1) is 5.82 Å². The monoisotopic (exact) mass is 297 g/mol. The zero-order chi connectivity index (χ0) is 15.8. The molecular formula is C15H24FN3O2. The van der Waals surface area contributed by atoms with Crippen molar-refractivity contribution in [1.82, 2.24) is 4.90 Å². The Bertz CT molecular complexity index is 476. The number of rotatable bonds is 8. The van der Waals surface area contributed by atoms with Gasteiger partial charge in [0.25, 0.3) is 0 Å². The average Bonchev–Trinajstić information content (AvgIpc) is 2.50. The Morgan fingerprint density at radius 1 is 1.38 bits per heavy atom. The van der Waals surface area contributed by atoms with Crippen LogP contribution in [0.25, 0.3) is 0 Å². The van der Waals surface area contributed by atoms with E-state index in [-0.39, 0.29) is 24.0 Å². The number of aliphatic hydroxyl groups excluding tert-OH is 1. The molecule has 21 heavy (non-hydrogen) atoms. The van der Waals surface area contributed by atoms with E-state index in [9.17, 15) is 9.50 Å². The molecule has 1 aromatic rings. The van der Waals surface area contributed by atoms with Gasteiger partial charge in [-0.2, -0.15) is 0 Å². The molecule has 0 saturated heterocycles. The first kappa shape index (κ1) is 17.4. The van der Waals surface area contributed by atoms with E-state index in [1.54, 1.807) is 12.1 Å². The van der Waals surface area contributed by atoms with E-state index >= 15 is 0 Å². The summed E-state index contributed by atoms with van der Waals surface area (Å²) in [6, 6.07) is 5.11. The summed E-state index contributed by atoms with van der Waals surface area (Å²) in [6.45, 7) is 5.03. The summed E-state index contributed by atoms with van der Waals surface area (Å²) in [5, 5.41) is 20.7. The zero-order valence-corrected chi connectivity index (χ0v) is 12.6. The maximum atomic E-state index is 14.4. The number of nitrogens with two attached hydrogens (primary N) is 1. The van der Waals surface area contributed by atoms with Crippen molar-refractivity contribution in [3.05, 3.63) is 35.1 Å². The van der Waals surface area contributed by atoms with Gasteiger partial charge in [0.2, 0.25) is 0 Å². The largest absolute Gasteiger partial charge is 0.409 e. The van der Waals surface area contributed by atoms with Crippen LogP contribution in [0.4, 0.5) is 4.39 Å². The first-order chi connectivity index (χ1) is 10.1. The molecule has 0 amide bonds. The van der Waals surface area contributed by atoms with Crippen LogP contribution in [0.5, 0.6) is 0 Å². The van der Waals surface area contributed by atoms with Crippen molar-refractivity contribution in [3.8, 4) is 0 Å². The van der Waals surface area contributed by atoms with Crippen molar-refractivity contribution in [2.45, 2.75) is 39.3 Å². The predicted molar refractivity (Wildman–Crippen MR) is 80.8 cm³/mol. The summed E-state index contributed by atoms with van der Waals surface area (Å²) < 4.78 is 14.4. The highest BCUT2D eigenvalue weighted by atomic mass is 19.1. The Morgan fingerprint density at radius 2 is 2.05 bits per heavy atom. The topological polar surface area (TPSA) is 82.1 Å². The van der Waals surface area contributed by atoms with Crippen LogP contribution in [0.1, 0.15) is 37.8 Å². The predicted octanol–water partition coefficient (Wildman–Crippen LogP) is 1.90. The third-order valence-electron chi connectivity index (χ3n) is 3.68. The Kier molecular flexibility index (Phi) is 7.11. The van der Waals surface area contributed by atoms with Gasteiger partial charge in [-0.25, -0.2) is 4.39 Å². The highest BCUT2D eigenvalue weighted by Gasteiger charge is 2.18. The van der Waals surface area contributed by atoms with Crippen molar-refractivity contribution < 1.29 is 14.7 Å². The number of oxime groups is 1. The van der Waals surface area contributed by atoms with Crippen LogP contribution in [-0.2, 0) is 6.54 Å². The Labute approximate surface area is 124 Å². The van der Waals surface area contributed by atoms with Gasteiger partial charge in [-0.3, -0.25) is 4.90 Å². The van der Waals surface area contributed by atoms with Crippen molar-refractivity contribution in [2.75, 3.05) is 13.2 Å².